The third-order valence-corrected chi connectivity index (χ3v) is 6.99. The fraction of sp³-hybridized carbons (Fsp3) is 0.250. The number of nitrogens with zero attached hydrogens (tertiary/aromatic N) is 2. The minimum absolute atomic E-state index is 0.0367. The first-order valence-electron chi connectivity index (χ1n) is 12.1. The van der Waals surface area contributed by atoms with Gasteiger partial charge in [-0.15, -0.1) is 0 Å². The first-order chi connectivity index (χ1) is 18.8. The molecule has 0 aliphatic carbocycles. The van der Waals surface area contributed by atoms with Gasteiger partial charge < -0.3 is 24.5 Å². The highest BCUT2D eigenvalue weighted by molar-refractivity contribution is 6.32. The van der Waals surface area contributed by atoms with E-state index >= 15 is 8.78 Å². The number of pyridine rings is 2. The first-order valence-corrected chi connectivity index (χ1v) is 12.5. The third-order valence-electron chi connectivity index (χ3n) is 6.68. The van der Waals surface area contributed by atoms with E-state index in [1.54, 1.807) is 18.2 Å². The van der Waals surface area contributed by atoms with Crippen LogP contribution in [0.1, 0.15) is 22.3 Å². The van der Waals surface area contributed by atoms with Crippen molar-refractivity contribution in [2.24, 2.45) is 0 Å². The van der Waals surface area contributed by atoms with Gasteiger partial charge in [0.25, 0.3) is 11.5 Å². The van der Waals surface area contributed by atoms with Crippen LogP contribution in [0.3, 0.4) is 0 Å². The molecule has 1 fully saturated rings. The van der Waals surface area contributed by atoms with Gasteiger partial charge in [0, 0.05) is 24.6 Å². The second-order valence-corrected chi connectivity index (χ2v) is 9.56. The molecule has 3 heterocycles. The van der Waals surface area contributed by atoms with Crippen LogP contribution < -0.4 is 15.6 Å². The average Bonchev–Trinajstić information content (AvgIpc) is 2.93. The predicted octanol–water partition coefficient (Wildman–Crippen LogP) is 3.93. The van der Waals surface area contributed by atoms with Crippen molar-refractivity contribution in [2.45, 2.75) is 25.1 Å². The largest absolute Gasteiger partial charge is 0.495 e. The van der Waals surface area contributed by atoms with Gasteiger partial charge in [-0.25, -0.2) is 8.78 Å². The summed E-state index contributed by atoms with van der Waals surface area (Å²) >= 11 is 6.06. The van der Waals surface area contributed by atoms with Crippen molar-refractivity contribution in [1.82, 2.24) is 14.9 Å². The van der Waals surface area contributed by atoms with Crippen LogP contribution in [0.15, 0.2) is 59.7 Å². The van der Waals surface area contributed by atoms with E-state index in [2.05, 4.69) is 10.3 Å². The summed E-state index contributed by atoms with van der Waals surface area (Å²) in [6.45, 7) is -0.00955. The monoisotopic (exact) mass is 555 g/mol. The molecule has 2 N–H and O–H groups in total. The number of methoxy groups -OCH3 is 1. The summed E-state index contributed by atoms with van der Waals surface area (Å²) in [6, 6.07) is 9.54. The number of aliphatic hydroxyl groups is 1. The van der Waals surface area contributed by atoms with Crippen LogP contribution in [0.5, 0.6) is 5.75 Å². The number of halogens is 3. The van der Waals surface area contributed by atoms with E-state index in [0.29, 0.717) is 29.4 Å². The molecule has 1 aliphatic heterocycles. The second-order valence-electron chi connectivity index (χ2n) is 9.15. The molecule has 0 bridgehead atoms. The molecule has 0 radical (unpaired) electrons. The second kappa shape index (κ2) is 11.1. The Morgan fingerprint density at radius 3 is 2.72 bits per heavy atom. The van der Waals surface area contributed by atoms with Crippen LogP contribution >= 0.6 is 11.6 Å². The number of carbonyl (C=O) groups excluding carboxylic acids is 1. The van der Waals surface area contributed by atoms with Crippen LogP contribution in [0.2, 0.25) is 5.02 Å². The molecule has 0 saturated carbocycles. The maximum absolute atomic E-state index is 15.3. The number of hydrogen-bond donors (Lipinski definition) is 2. The van der Waals surface area contributed by atoms with Gasteiger partial charge in [-0.1, -0.05) is 17.7 Å². The van der Waals surface area contributed by atoms with Crippen molar-refractivity contribution in [3.63, 3.8) is 0 Å². The lowest BCUT2D eigenvalue weighted by molar-refractivity contribution is -0.0260. The Bertz CT molecular complexity index is 1600. The smallest absolute Gasteiger partial charge is 0.260 e. The number of aromatic nitrogens is 2. The molecule has 1 aliphatic rings. The molecule has 4 aromatic rings. The number of amides is 1. The van der Waals surface area contributed by atoms with Crippen molar-refractivity contribution < 1.29 is 28.2 Å². The molecule has 1 amide bonds. The van der Waals surface area contributed by atoms with E-state index in [0.717, 1.165) is 16.7 Å². The van der Waals surface area contributed by atoms with E-state index in [1.165, 1.54) is 31.6 Å². The highest BCUT2D eigenvalue weighted by Gasteiger charge is 2.27. The molecule has 1 saturated heterocycles. The maximum Gasteiger partial charge on any atom is 0.260 e. The lowest BCUT2D eigenvalue weighted by Crippen LogP contribution is -2.48. The number of hydrogen-bond acceptors (Lipinski definition) is 6. The average molecular weight is 556 g/mol. The topological polar surface area (TPSA) is 103 Å². The van der Waals surface area contributed by atoms with E-state index in [4.69, 9.17) is 21.1 Å². The Morgan fingerprint density at radius 1 is 1.23 bits per heavy atom. The van der Waals surface area contributed by atoms with Gasteiger partial charge in [-0.3, -0.25) is 14.6 Å². The Labute approximate surface area is 226 Å². The zero-order valence-electron chi connectivity index (χ0n) is 20.8. The van der Waals surface area contributed by atoms with E-state index in [-0.39, 0.29) is 34.2 Å². The van der Waals surface area contributed by atoms with Crippen LogP contribution in [0.4, 0.5) is 8.78 Å². The summed E-state index contributed by atoms with van der Waals surface area (Å²) in [7, 11) is 1.44. The zero-order chi connectivity index (χ0) is 27.7. The molecular formula is C28H24ClF2N3O5. The standard InChI is InChI=1S/C28H24ClF2N3O5/c1-38-25-11-15(4-5-20(25)29)16-9-21(30)18(22(31)10-16)12-34-13-19(26-17(28(34)37)3-2-7-32-26)27(36)33-23-6-8-39-14-24(23)35/h2-5,7,9-11,13,23-24,35H,6,8,12,14H2,1H3,(H,33,36)/t23-,24-/m0/s1. The molecule has 39 heavy (non-hydrogen) atoms. The molecule has 8 nitrogen and oxygen atoms in total. The van der Waals surface area contributed by atoms with Crippen molar-refractivity contribution in [3.8, 4) is 16.9 Å². The number of carbonyl (C=O) groups is 1. The number of aliphatic hydroxyl groups excluding tert-OH is 1. The number of rotatable bonds is 6. The zero-order valence-corrected chi connectivity index (χ0v) is 21.5. The van der Waals surface area contributed by atoms with E-state index in [9.17, 15) is 14.7 Å². The molecule has 11 heteroatoms. The van der Waals surface area contributed by atoms with Gasteiger partial charge in [-0.2, -0.15) is 0 Å². The molecule has 0 spiro atoms. The van der Waals surface area contributed by atoms with Gasteiger partial charge in [0.1, 0.15) is 17.4 Å². The first kappa shape index (κ1) is 26.7. The van der Waals surface area contributed by atoms with Gasteiger partial charge in [-0.05, 0) is 53.9 Å². The van der Waals surface area contributed by atoms with Crippen molar-refractivity contribution in [2.75, 3.05) is 20.3 Å². The Hall–Kier alpha value is -3.86. The predicted molar refractivity (Wildman–Crippen MR) is 141 cm³/mol. The highest BCUT2D eigenvalue weighted by Crippen LogP contribution is 2.32. The fourth-order valence-electron chi connectivity index (χ4n) is 4.57. The minimum Gasteiger partial charge on any atom is -0.495 e. The molecule has 5 rings (SSSR count). The summed E-state index contributed by atoms with van der Waals surface area (Å²) in [5.74, 6) is -1.96. The molecule has 2 aromatic heterocycles. The summed E-state index contributed by atoms with van der Waals surface area (Å²) in [6.07, 6.45) is 2.18. The Morgan fingerprint density at radius 2 is 2.00 bits per heavy atom. The van der Waals surface area contributed by atoms with Gasteiger partial charge in [0.2, 0.25) is 0 Å². The number of benzene rings is 2. The molecular weight excluding hydrogens is 532 g/mol. The third kappa shape index (κ3) is 5.36. The summed E-state index contributed by atoms with van der Waals surface area (Å²) in [5.41, 5.74) is 0.0142. The van der Waals surface area contributed by atoms with Gasteiger partial charge in [0.05, 0.1) is 53.9 Å². The highest BCUT2D eigenvalue weighted by atomic mass is 35.5. The number of ether oxygens (including phenoxy) is 2. The molecule has 202 valence electrons. The summed E-state index contributed by atoms with van der Waals surface area (Å²) in [4.78, 5) is 30.6. The van der Waals surface area contributed by atoms with Crippen LogP contribution in [0, 0.1) is 11.6 Å². The quantitative estimate of drug-likeness (QED) is 0.374. The summed E-state index contributed by atoms with van der Waals surface area (Å²) in [5, 5.41) is 13.4. The minimum atomic E-state index is -0.893. The van der Waals surface area contributed by atoms with Gasteiger partial charge in [0.15, 0.2) is 0 Å². The fourth-order valence-corrected chi connectivity index (χ4v) is 4.77. The maximum atomic E-state index is 15.3. The number of nitrogens with one attached hydrogen (secondary N) is 1. The van der Waals surface area contributed by atoms with Crippen LogP contribution in [-0.4, -0.2) is 53.0 Å². The number of fused-ring (bicyclic) bond motifs is 1. The lowest BCUT2D eigenvalue weighted by Gasteiger charge is -2.28. The van der Waals surface area contributed by atoms with E-state index < -0.39 is 41.8 Å². The molecule has 2 atom stereocenters. The SMILES string of the molecule is COc1cc(-c2cc(F)c(Cn3cc(C(=O)N[C@H]4CCOC[C@@H]4O)c4ncccc4c3=O)c(F)c2)ccc1Cl. The lowest BCUT2D eigenvalue weighted by atomic mass is 10.0. The normalized spacial score (nSPS) is 17.3. The van der Waals surface area contributed by atoms with Crippen molar-refractivity contribution in [1.29, 1.82) is 0 Å². The Kier molecular flexibility index (Phi) is 7.60. The van der Waals surface area contributed by atoms with Crippen molar-refractivity contribution >= 4 is 28.4 Å². The molecule has 2 aromatic carbocycles. The van der Waals surface area contributed by atoms with Gasteiger partial charge >= 0.3 is 0 Å². The van der Waals surface area contributed by atoms with Crippen molar-refractivity contribution in [3.05, 3.63) is 93.0 Å². The summed E-state index contributed by atoms with van der Waals surface area (Å²) < 4.78 is 42.0. The van der Waals surface area contributed by atoms with E-state index in [1.807, 2.05) is 0 Å². The van der Waals surface area contributed by atoms with Crippen LogP contribution in [-0.2, 0) is 11.3 Å². The van der Waals surface area contributed by atoms with Crippen LogP contribution in [0.25, 0.3) is 22.0 Å². The Balaban J connectivity index is 1.52. The molecule has 0 unspecified atom stereocenters.